The van der Waals surface area contributed by atoms with Gasteiger partial charge < -0.3 is 4.42 Å². The molecule has 0 saturated carbocycles. The molecule has 8 heteroatoms. The van der Waals surface area contributed by atoms with Crippen molar-refractivity contribution in [1.29, 1.82) is 0 Å². The predicted molar refractivity (Wildman–Crippen MR) is 404 cm³/mol. The largest absolute Gasteiger partial charge is 0.452 e. The third kappa shape index (κ3) is 8.00. The summed E-state index contributed by atoms with van der Waals surface area (Å²) >= 11 is 1.77. The first kappa shape index (κ1) is 52.9. The van der Waals surface area contributed by atoms with Gasteiger partial charge in [-0.3, -0.25) is 9.13 Å². The highest BCUT2D eigenvalue weighted by Crippen LogP contribution is 2.45. The highest BCUT2D eigenvalue weighted by atomic mass is 32.1. The Labute approximate surface area is 551 Å². The molecule has 0 spiro atoms. The molecule has 444 valence electrons. The number of hydrogen-bond donors (Lipinski definition) is 0. The second-order valence-electron chi connectivity index (χ2n) is 25.2. The van der Waals surface area contributed by atoms with Crippen molar-refractivity contribution >= 4 is 183 Å². The van der Waals surface area contributed by atoms with Crippen LogP contribution in [0.5, 0.6) is 0 Å². The van der Waals surface area contributed by atoms with Crippen molar-refractivity contribution in [2.24, 2.45) is 0 Å². The number of nitrogens with zero attached hydrogens (tertiary/aromatic N) is 6. The van der Waals surface area contributed by atoms with Crippen molar-refractivity contribution in [1.82, 2.24) is 29.1 Å². The molecule has 0 N–H and O–H groups in total. The standard InChI is InChI=1S/C44H25N3O.C44H25N3S/c1-3-12-29-24-38-36(22-27(29)10-1)37-23-28-11-2-4-13-30(28)25-39(37)47(38)44-45-41(43-42(46-44)35-15-7-8-16-40(35)48-43)32-19-20-34-31(21-32)18-17-26-9-5-6-14-33(26)34;1-2-12-29-25-38-36(24-28(29)11-1)40-34-14-6-4-10-27(34)20-22-37(40)47(38)44-45-41(43-42(46-44)35-15-7-8-16-39(35)48-43)31-19-21-33-30(23-31)18-17-26-9-3-5-13-32(26)33/h2*1-25H. The summed E-state index contributed by atoms with van der Waals surface area (Å²) in [6.07, 6.45) is 0. The van der Waals surface area contributed by atoms with Gasteiger partial charge in [0.1, 0.15) is 16.8 Å². The number of aromatic nitrogens is 6. The van der Waals surface area contributed by atoms with E-state index in [9.17, 15) is 0 Å². The molecule has 0 fully saturated rings. The number of furan rings is 1. The zero-order valence-corrected chi connectivity index (χ0v) is 52.2. The van der Waals surface area contributed by atoms with Gasteiger partial charge in [0.2, 0.25) is 11.9 Å². The fraction of sp³-hybridized carbons (Fsp3) is 0. The van der Waals surface area contributed by atoms with E-state index in [1.165, 1.54) is 107 Å². The second kappa shape index (κ2) is 20.4. The Hall–Kier alpha value is -12.6. The average Bonchev–Trinajstić information content (AvgIpc) is 1.56. The van der Waals surface area contributed by atoms with E-state index >= 15 is 0 Å². The number of rotatable bonds is 4. The van der Waals surface area contributed by atoms with E-state index in [0.29, 0.717) is 17.5 Å². The van der Waals surface area contributed by atoms with E-state index in [1.54, 1.807) is 11.3 Å². The lowest BCUT2D eigenvalue weighted by molar-refractivity contribution is 0.666. The first-order valence-electron chi connectivity index (χ1n) is 32.5. The van der Waals surface area contributed by atoms with Crippen LogP contribution in [0.4, 0.5) is 0 Å². The first-order chi connectivity index (χ1) is 47.5. The Bertz CT molecular complexity index is 6770. The topological polar surface area (TPSA) is 74.6 Å². The zero-order chi connectivity index (χ0) is 62.7. The Balaban J connectivity index is 0.000000127. The maximum Gasteiger partial charge on any atom is 0.236 e. The van der Waals surface area contributed by atoms with Crippen LogP contribution < -0.4 is 0 Å². The molecule has 0 aliphatic carbocycles. The number of thiophene rings is 1. The molecule has 0 aliphatic heterocycles. The molecule has 22 rings (SSSR count). The van der Waals surface area contributed by atoms with Crippen LogP contribution in [-0.4, -0.2) is 29.1 Å². The summed E-state index contributed by atoms with van der Waals surface area (Å²) in [6, 6.07) is 109. The first-order valence-corrected chi connectivity index (χ1v) is 33.3. The van der Waals surface area contributed by atoms with E-state index in [2.05, 4.69) is 294 Å². The van der Waals surface area contributed by atoms with Crippen molar-refractivity contribution in [2.45, 2.75) is 0 Å². The van der Waals surface area contributed by atoms with Gasteiger partial charge >= 0.3 is 0 Å². The van der Waals surface area contributed by atoms with Crippen LogP contribution in [0.1, 0.15) is 0 Å². The molecule has 0 bridgehead atoms. The number of hydrogen-bond acceptors (Lipinski definition) is 6. The molecule has 0 unspecified atom stereocenters. The van der Waals surface area contributed by atoms with Crippen molar-refractivity contribution < 1.29 is 4.42 Å². The molecule has 0 saturated heterocycles. The van der Waals surface area contributed by atoms with Crippen LogP contribution in [0.3, 0.4) is 0 Å². The quantitative estimate of drug-likeness (QED) is 0.164. The maximum absolute atomic E-state index is 6.55. The predicted octanol–water partition coefficient (Wildman–Crippen LogP) is 24.0. The molecule has 0 radical (unpaired) electrons. The van der Waals surface area contributed by atoms with Gasteiger partial charge in [-0.25, -0.2) is 19.9 Å². The fourth-order valence-corrected chi connectivity index (χ4v) is 16.5. The van der Waals surface area contributed by atoms with Gasteiger partial charge in [0.25, 0.3) is 0 Å². The van der Waals surface area contributed by atoms with E-state index in [0.717, 1.165) is 82.1 Å². The van der Waals surface area contributed by atoms with Crippen LogP contribution in [0.15, 0.2) is 308 Å². The Morgan fingerprint density at radius 3 is 1.26 bits per heavy atom. The normalized spacial score (nSPS) is 12.2. The molecule has 6 aromatic heterocycles. The highest BCUT2D eigenvalue weighted by molar-refractivity contribution is 7.26. The van der Waals surface area contributed by atoms with Crippen molar-refractivity contribution in [3.8, 4) is 34.4 Å². The smallest absolute Gasteiger partial charge is 0.236 e. The number of benzene rings is 16. The van der Waals surface area contributed by atoms with E-state index < -0.39 is 0 Å². The van der Waals surface area contributed by atoms with Gasteiger partial charge in [-0.15, -0.1) is 11.3 Å². The monoisotopic (exact) mass is 1240 g/mol. The fourth-order valence-electron chi connectivity index (χ4n) is 15.4. The van der Waals surface area contributed by atoms with Gasteiger partial charge in [0, 0.05) is 48.1 Å². The zero-order valence-electron chi connectivity index (χ0n) is 51.4. The van der Waals surface area contributed by atoms with Crippen LogP contribution in [0.2, 0.25) is 0 Å². The molecular formula is C88H50N6OS. The summed E-state index contributed by atoms with van der Waals surface area (Å²) in [5, 5.41) is 26.4. The highest BCUT2D eigenvalue weighted by Gasteiger charge is 2.25. The van der Waals surface area contributed by atoms with Gasteiger partial charge in [0.05, 0.1) is 38.0 Å². The van der Waals surface area contributed by atoms with Crippen LogP contribution in [0.25, 0.3) is 207 Å². The molecule has 0 amide bonds. The molecule has 7 nitrogen and oxygen atoms in total. The summed E-state index contributed by atoms with van der Waals surface area (Å²) in [7, 11) is 0. The molecule has 96 heavy (non-hydrogen) atoms. The van der Waals surface area contributed by atoms with Gasteiger partial charge in [0.15, 0.2) is 5.58 Å². The molecule has 6 heterocycles. The van der Waals surface area contributed by atoms with Crippen LogP contribution in [0, 0.1) is 0 Å². The van der Waals surface area contributed by atoms with Gasteiger partial charge in [-0.2, -0.15) is 0 Å². The summed E-state index contributed by atoms with van der Waals surface area (Å²) in [5.74, 6) is 1.30. The lowest BCUT2D eigenvalue weighted by Crippen LogP contribution is -2.03. The Kier molecular flexibility index (Phi) is 11.3. The van der Waals surface area contributed by atoms with E-state index in [1.807, 2.05) is 18.2 Å². The SMILES string of the molecule is c1ccc2cc3c(cc2c1)c1c2ccccc2ccc1n3-c1nc(-c2ccc3c(ccc4ccccc43)c2)c2sc3ccccc3c2n1.c1ccc2cc3c(cc2c1)c1cc2ccccc2cc1n3-c1nc(-c2ccc3c(ccc4ccccc43)c2)c2oc3ccccc3c2n1. The molecule has 0 atom stereocenters. The summed E-state index contributed by atoms with van der Waals surface area (Å²) in [5.41, 5.74) is 11.5. The Morgan fingerprint density at radius 1 is 0.260 bits per heavy atom. The van der Waals surface area contributed by atoms with Gasteiger partial charge in [-0.1, -0.05) is 231 Å². The van der Waals surface area contributed by atoms with Gasteiger partial charge in [-0.05, 0) is 159 Å². The molecule has 0 aliphatic rings. The second-order valence-corrected chi connectivity index (χ2v) is 26.3. The molecule has 16 aromatic carbocycles. The van der Waals surface area contributed by atoms with Crippen molar-refractivity contribution in [2.75, 3.05) is 0 Å². The maximum atomic E-state index is 6.55. The minimum absolute atomic E-state index is 0.619. The van der Waals surface area contributed by atoms with Crippen LogP contribution >= 0.6 is 11.3 Å². The molecular weight excluding hydrogens is 1190 g/mol. The summed E-state index contributed by atoms with van der Waals surface area (Å²) < 4.78 is 13.4. The lowest BCUT2D eigenvalue weighted by atomic mass is 9.99. The third-order valence-electron chi connectivity index (χ3n) is 19.9. The summed E-state index contributed by atoms with van der Waals surface area (Å²) in [4.78, 5) is 21.6. The average molecular weight is 1240 g/mol. The molecule has 22 aromatic rings. The minimum Gasteiger partial charge on any atom is -0.452 e. The van der Waals surface area contributed by atoms with Crippen LogP contribution in [-0.2, 0) is 0 Å². The third-order valence-corrected chi connectivity index (χ3v) is 21.0. The summed E-state index contributed by atoms with van der Waals surface area (Å²) in [6.45, 7) is 0. The van der Waals surface area contributed by atoms with Crippen molar-refractivity contribution in [3.63, 3.8) is 0 Å². The van der Waals surface area contributed by atoms with E-state index in [4.69, 9.17) is 24.4 Å². The van der Waals surface area contributed by atoms with E-state index in [-0.39, 0.29) is 0 Å². The minimum atomic E-state index is 0.619. The number of para-hydroxylation sites is 1. The Morgan fingerprint density at radius 2 is 0.667 bits per heavy atom. The lowest BCUT2D eigenvalue weighted by Gasteiger charge is -2.11. The number of fused-ring (bicyclic) bond motifs is 23. The van der Waals surface area contributed by atoms with Crippen molar-refractivity contribution in [3.05, 3.63) is 303 Å².